The van der Waals surface area contributed by atoms with Crippen LogP contribution in [-0.2, 0) is 14.9 Å². The summed E-state index contributed by atoms with van der Waals surface area (Å²) >= 11 is 0. The van der Waals surface area contributed by atoms with Gasteiger partial charge in [-0.3, -0.25) is 9.35 Å². The van der Waals surface area contributed by atoms with Crippen molar-refractivity contribution in [3.8, 4) is 0 Å². The molecule has 0 radical (unpaired) electrons. The van der Waals surface area contributed by atoms with Gasteiger partial charge in [0.15, 0.2) is 11.5 Å². The van der Waals surface area contributed by atoms with Crippen molar-refractivity contribution in [2.45, 2.75) is 46.5 Å². The van der Waals surface area contributed by atoms with E-state index in [4.69, 9.17) is 4.55 Å². The van der Waals surface area contributed by atoms with Crippen LogP contribution in [0, 0.1) is 11.8 Å². The first-order valence-electron chi connectivity index (χ1n) is 12.9. The SMILES string of the molecule is CCCN(CCC)c1ccc(C2=C([O-])C(C3C=CC(=[N+](CCC)CCCS(=O)(=O)O)C=C3)C2=O)cc1. The van der Waals surface area contributed by atoms with E-state index in [9.17, 15) is 18.3 Å². The Labute approximate surface area is 215 Å². The minimum absolute atomic E-state index is 0.118. The summed E-state index contributed by atoms with van der Waals surface area (Å²) in [5, 5.41) is 13.0. The fourth-order valence-electron chi connectivity index (χ4n) is 4.91. The van der Waals surface area contributed by atoms with Crippen molar-refractivity contribution < 1.29 is 27.4 Å². The van der Waals surface area contributed by atoms with Gasteiger partial charge in [-0.1, -0.05) is 45.1 Å². The van der Waals surface area contributed by atoms with E-state index < -0.39 is 16.0 Å². The van der Waals surface area contributed by atoms with Crippen LogP contribution in [0.15, 0.2) is 54.3 Å². The number of rotatable bonds is 13. The molecule has 1 atom stereocenters. The van der Waals surface area contributed by atoms with Crippen LogP contribution in [0.2, 0.25) is 0 Å². The van der Waals surface area contributed by atoms with Gasteiger partial charge >= 0.3 is 0 Å². The topological polar surface area (TPSA) is 101 Å². The van der Waals surface area contributed by atoms with E-state index in [1.807, 2.05) is 55.5 Å². The van der Waals surface area contributed by atoms with Crippen molar-refractivity contribution in [2.75, 3.05) is 36.8 Å². The van der Waals surface area contributed by atoms with Gasteiger partial charge in [-0.2, -0.15) is 8.42 Å². The molecule has 0 saturated heterocycles. The first kappa shape index (κ1) is 27.9. The Bertz CT molecular complexity index is 1140. The molecule has 0 bridgehead atoms. The molecule has 2 aliphatic carbocycles. The first-order valence-corrected chi connectivity index (χ1v) is 14.5. The molecule has 1 N–H and O–H groups in total. The largest absolute Gasteiger partial charge is 0.874 e. The van der Waals surface area contributed by atoms with Gasteiger partial charge in [-0.15, -0.1) is 5.76 Å². The third-order valence-corrected chi connectivity index (χ3v) is 7.42. The number of nitrogens with zero attached hydrogens (tertiary/aromatic N) is 2. The molecule has 36 heavy (non-hydrogen) atoms. The molecule has 0 heterocycles. The Morgan fingerprint density at radius 3 is 2.08 bits per heavy atom. The lowest BCUT2D eigenvalue weighted by atomic mass is 9.71. The molecule has 0 fully saturated rings. The molecule has 0 aliphatic heterocycles. The number of carbonyl (C=O) groups excluding carboxylic acids is 1. The Morgan fingerprint density at radius 2 is 1.58 bits per heavy atom. The number of benzene rings is 1. The van der Waals surface area contributed by atoms with E-state index in [1.165, 1.54) is 0 Å². The molecule has 1 unspecified atom stereocenters. The average Bonchev–Trinajstić information content (AvgIpc) is 2.84. The van der Waals surface area contributed by atoms with Crippen LogP contribution in [0.1, 0.15) is 52.0 Å². The summed E-state index contributed by atoms with van der Waals surface area (Å²) in [6.07, 6.45) is 10.9. The fraction of sp³-hybridized carbons (Fsp3) is 0.500. The Balaban J connectivity index is 1.72. The molecule has 2 aliphatic rings. The summed E-state index contributed by atoms with van der Waals surface area (Å²) in [6, 6.07) is 7.74. The van der Waals surface area contributed by atoms with E-state index in [0.717, 1.165) is 50.3 Å². The van der Waals surface area contributed by atoms with Gasteiger partial charge in [0.2, 0.25) is 0 Å². The summed E-state index contributed by atoms with van der Waals surface area (Å²) in [7, 11) is -3.99. The lowest BCUT2D eigenvalue weighted by Crippen LogP contribution is -2.41. The van der Waals surface area contributed by atoms with Crippen LogP contribution >= 0.6 is 0 Å². The summed E-state index contributed by atoms with van der Waals surface area (Å²) in [6.45, 7) is 9.52. The second-order valence-electron chi connectivity index (χ2n) is 9.46. The number of hydrogen-bond donors (Lipinski definition) is 1. The molecular formula is C28H38N2O5S. The fourth-order valence-corrected chi connectivity index (χ4v) is 5.40. The first-order chi connectivity index (χ1) is 17.2. The summed E-state index contributed by atoms with van der Waals surface area (Å²) in [5.74, 6) is -1.50. The highest BCUT2D eigenvalue weighted by atomic mass is 32.2. The number of hydrogen-bond acceptors (Lipinski definition) is 5. The zero-order valence-corrected chi connectivity index (χ0v) is 22.3. The van der Waals surface area contributed by atoms with E-state index in [1.54, 1.807) is 0 Å². The number of allylic oxidation sites excluding steroid dienone is 6. The van der Waals surface area contributed by atoms with Crippen molar-refractivity contribution in [1.82, 2.24) is 0 Å². The average molecular weight is 515 g/mol. The molecule has 1 aromatic carbocycles. The minimum atomic E-state index is -3.99. The van der Waals surface area contributed by atoms with E-state index >= 15 is 0 Å². The van der Waals surface area contributed by atoms with Gasteiger partial charge in [-0.05, 0) is 30.5 Å². The summed E-state index contributed by atoms with van der Waals surface area (Å²) in [4.78, 5) is 15.3. The van der Waals surface area contributed by atoms with Crippen molar-refractivity contribution in [2.24, 2.45) is 11.8 Å². The van der Waals surface area contributed by atoms with Gasteiger partial charge in [0.1, 0.15) is 13.1 Å². The lowest BCUT2D eigenvalue weighted by molar-refractivity contribution is -0.526. The quantitative estimate of drug-likeness (QED) is 0.320. The van der Waals surface area contributed by atoms with Crippen molar-refractivity contribution >= 4 is 32.9 Å². The van der Waals surface area contributed by atoms with E-state index in [-0.39, 0.29) is 23.2 Å². The highest BCUT2D eigenvalue weighted by Crippen LogP contribution is 2.41. The maximum atomic E-state index is 13.0. The molecule has 8 heteroatoms. The van der Waals surface area contributed by atoms with Crippen LogP contribution in [-0.4, -0.2) is 61.0 Å². The van der Waals surface area contributed by atoms with Gasteiger partial charge in [-0.25, -0.2) is 4.58 Å². The number of carbonyl (C=O) groups is 1. The van der Waals surface area contributed by atoms with Crippen LogP contribution < -0.4 is 10.0 Å². The maximum Gasteiger partial charge on any atom is 0.265 e. The highest BCUT2D eigenvalue weighted by Gasteiger charge is 2.38. The Hall–Kier alpha value is -2.71. The zero-order chi connectivity index (χ0) is 26.3. The molecular weight excluding hydrogens is 476 g/mol. The molecule has 3 rings (SSSR count). The maximum absolute atomic E-state index is 13.0. The smallest absolute Gasteiger partial charge is 0.265 e. The predicted molar refractivity (Wildman–Crippen MR) is 143 cm³/mol. The molecule has 1 aromatic rings. The van der Waals surface area contributed by atoms with Crippen molar-refractivity contribution in [3.05, 3.63) is 59.9 Å². The van der Waals surface area contributed by atoms with Crippen LogP contribution in [0.4, 0.5) is 5.69 Å². The van der Waals surface area contributed by atoms with E-state index in [2.05, 4.69) is 23.3 Å². The van der Waals surface area contributed by atoms with Crippen LogP contribution in [0.5, 0.6) is 0 Å². The Morgan fingerprint density at radius 1 is 0.972 bits per heavy atom. The molecule has 0 spiro atoms. The normalized spacial score (nSPS) is 19.6. The Kier molecular flexibility index (Phi) is 9.68. The minimum Gasteiger partial charge on any atom is -0.874 e. The molecule has 0 saturated carbocycles. The number of Topliss-reactive ketones (excluding diaryl/α,β-unsaturated/α-hetero) is 1. The van der Waals surface area contributed by atoms with Crippen molar-refractivity contribution in [1.29, 1.82) is 0 Å². The molecule has 0 aromatic heterocycles. The second-order valence-corrected chi connectivity index (χ2v) is 11.0. The molecule has 0 amide bonds. The summed E-state index contributed by atoms with van der Waals surface area (Å²) < 4.78 is 33.1. The standard InChI is InChI=1S/C28H38N2O5S/c1-4-16-29(17-5-2)23-12-8-21(9-13-23)25-27(31)26(28(25)32)22-10-14-24(15-11-22)30(18-6-3)19-7-20-36(33,34)35/h8-15,22,26H,4-7,16-20H2,1-3H3,(H-,31,32,33,34,35). The highest BCUT2D eigenvalue weighted by molar-refractivity contribution is 7.85. The third-order valence-electron chi connectivity index (χ3n) is 6.62. The van der Waals surface area contributed by atoms with Crippen LogP contribution in [0.3, 0.4) is 0 Å². The lowest BCUT2D eigenvalue weighted by Gasteiger charge is -2.40. The molecule has 196 valence electrons. The zero-order valence-electron chi connectivity index (χ0n) is 21.5. The van der Waals surface area contributed by atoms with Gasteiger partial charge in [0.25, 0.3) is 10.1 Å². The second kappa shape index (κ2) is 12.5. The third kappa shape index (κ3) is 6.73. The predicted octanol–water partition coefficient (Wildman–Crippen LogP) is 3.47. The van der Waals surface area contributed by atoms with E-state index in [0.29, 0.717) is 24.1 Å². The van der Waals surface area contributed by atoms with Gasteiger partial charge in [0.05, 0.1) is 5.75 Å². The number of ketones is 1. The number of anilines is 1. The summed E-state index contributed by atoms with van der Waals surface area (Å²) in [5.41, 5.74) is 2.99. The van der Waals surface area contributed by atoms with Gasteiger partial charge < -0.3 is 10.0 Å². The monoisotopic (exact) mass is 514 g/mol. The molecule has 7 nitrogen and oxygen atoms in total. The van der Waals surface area contributed by atoms with Crippen LogP contribution in [0.25, 0.3) is 5.57 Å². The van der Waals surface area contributed by atoms with Crippen molar-refractivity contribution in [3.63, 3.8) is 0 Å². The van der Waals surface area contributed by atoms with Gasteiger partial charge in [0, 0.05) is 61.2 Å².